The second-order valence-electron chi connectivity index (χ2n) is 3.68. The Labute approximate surface area is 111 Å². The van der Waals surface area contributed by atoms with Crippen LogP contribution in [0.3, 0.4) is 0 Å². The Bertz CT molecular complexity index is 605. The maximum Gasteiger partial charge on any atom is 0.219 e. The van der Waals surface area contributed by atoms with Crippen LogP contribution in [0.25, 0.3) is 0 Å². The summed E-state index contributed by atoms with van der Waals surface area (Å²) in [5.41, 5.74) is 5.84. The lowest BCUT2D eigenvalue weighted by molar-refractivity contribution is 0.422. The number of aryl methyl sites for hydroxylation is 1. The number of halogens is 3. The van der Waals surface area contributed by atoms with Gasteiger partial charge in [-0.15, -0.1) is 0 Å². The molecule has 0 saturated heterocycles. The van der Waals surface area contributed by atoms with Crippen LogP contribution in [-0.4, -0.2) is 4.98 Å². The zero-order chi connectivity index (χ0) is 13.3. The van der Waals surface area contributed by atoms with Crippen LogP contribution in [-0.2, 0) is 0 Å². The summed E-state index contributed by atoms with van der Waals surface area (Å²) in [7, 11) is 0. The van der Waals surface area contributed by atoms with Crippen LogP contribution in [0.15, 0.2) is 28.9 Å². The van der Waals surface area contributed by atoms with Crippen molar-refractivity contribution in [3.63, 3.8) is 0 Å². The largest absolute Gasteiger partial charge is 0.436 e. The van der Waals surface area contributed by atoms with Crippen molar-refractivity contribution < 1.29 is 13.5 Å². The van der Waals surface area contributed by atoms with Crippen LogP contribution < -0.4 is 10.5 Å². The van der Waals surface area contributed by atoms with Crippen molar-refractivity contribution in [2.75, 3.05) is 5.73 Å². The van der Waals surface area contributed by atoms with Crippen LogP contribution in [0.4, 0.5) is 14.5 Å². The van der Waals surface area contributed by atoms with E-state index in [0.717, 1.165) is 22.2 Å². The quantitative estimate of drug-likeness (QED) is 0.858. The van der Waals surface area contributed by atoms with Crippen molar-refractivity contribution >= 4 is 21.6 Å². The number of benzene rings is 1. The number of hydrogen-bond acceptors (Lipinski definition) is 3. The maximum absolute atomic E-state index is 13.5. The molecule has 0 aliphatic heterocycles. The zero-order valence-corrected chi connectivity index (χ0v) is 11.0. The fraction of sp³-hybridized carbons (Fsp3) is 0.0833. The molecule has 2 aromatic rings. The molecule has 1 heterocycles. The van der Waals surface area contributed by atoms with E-state index in [4.69, 9.17) is 10.5 Å². The van der Waals surface area contributed by atoms with Crippen LogP contribution in [0.2, 0.25) is 0 Å². The summed E-state index contributed by atoms with van der Waals surface area (Å²) < 4.78 is 32.7. The molecule has 0 atom stereocenters. The number of anilines is 1. The number of aromatic nitrogens is 1. The molecule has 1 aromatic heterocycles. The van der Waals surface area contributed by atoms with E-state index in [-0.39, 0.29) is 17.3 Å². The molecule has 0 amide bonds. The highest BCUT2D eigenvalue weighted by Gasteiger charge is 2.11. The van der Waals surface area contributed by atoms with Crippen molar-refractivity contribution in [3.05, 3.63) is 46.1 Å². The molecule has 6 heteroatoms. The van der Waals surface area contributed by atoms with Gasteiger partial charge in [-0.1, -0.05) is 0 Å². The first-order valence-electron chi connectivity index (χ1n) is 5.02. The molecular formula is C12H9BrF2N2O. The third-order valence-corrected chi connectivity index (χ3v) is 3.12. The first kappa shape index (κ1) is 12.8. The summed E-state index contributed by atoms with van der Waals surface area (Å²) in [5.74, 6) is -1.55. The Hall–Kier alpha value is -1.69. The van der Waals surface area contributed by atoms with E-state index in [1.165, 1.54) is 6.20 Å². The van der Waals surface area contributed by atoms with Gasteiger partial charge in [0.25, 0.3) is 0 Å². The fourth-order valence-corrected chi connectivity index (χ4v) is 1.52. The minimum absolute atomic E-state index is 0.179. The summed E-state index contributed by atoms with van der Waals surface area (Å²) in [6, 6.07) is 3.37. The van der Waals surface area contributed by atoms with Gasteiger partial charge in [0.2, 0.25) is 5.88 Å². The monoisotopic (exact) mass is 314 g/mol. The average Bonchev–Trinajstić information content (AvgIpc) is 2.31. The van der Waals surface area contributed by atoms with Crippen LogP contribution in [0.1, 0.15) is 5.56 Å². The van der Waals surface area contributed by atoms with Crippen LogP contribution in [0, 0.1) is 18.6 Å². The first-order valence-corrected chi connectivity index (χ1v) is 5.81. The van der Waals surface area contributed by atoms with Gasteiger partial charge in [0.15, 0.2) is 11.6 Å². The Morgan fingerprint density at radius 3 is 2.61 bits per heavy atom. The molecule has 0 spiro atoms. The Kier molecular flexibility index (Phi) is 3.47. The summed E-state index contributed by atoms with van der Waals surface area (Å²) in [6.45, 7) is 1.83. The zero-order valence-electron chi connectivity index (χ0n) is 9.38. The molecule has 0 saturated carbocycles. The molecule has 0 aliphatic rings. The summed E-state index contributed by atoms with van der Waals surface area (Å²) in [4.78, 5) is 3.94. The maximum atomic E-state index is 13.5. The second kappa shape index (κ2) is 4.89. The molecule has 0 aliphatic carbocycles. The smallest absolute Gasteiger partial charge is 0.219 e. The lowest BCUT2D eigenvalue weighted by Crippen LogP contribution is -1.96. The summed E-state index contributed by atoms with van der Waals surface area (Å²) >= 11 is 3.28. The molecule has 2 N–H and O–H groups in total. The Morgan fingerprint density at radius 1 is 1.22 bits per heavy atom. The predicted octanol–water partition coefficient (Wildman–Crippen LogP) is 3.81. The fourth-order valence-electron chi connectivity index (χ4n) is 1.30. The van der Waals surface area contributed by atoms with Crippen molar-refractivity contribution in [1.82, 2.24) is 4.98 Å². The molecule has 18 heavy (non-hydrogen) atoms. The highest BCUT2D eigenvalue weighted by molar-refractivity contribution is 9.10. The van der Waals surface area contributed by atoms with Gasteiger partial charge in [0.1, 0.15) is 5.82 Å². The molecular weight excluding hydrogens is 306 g/mol. The third kappa shape index (κ3) is 2.59. The Balaban J connectivity index is 2.34. The summed E-state index contributed by atoms with van der Waals surface area (Å²) in [5, 5.41) is 0. The van der Waals surface area contributed by atoms with Gasteiger partial charge in [0.05, 0.1) is 5.69 Å². The van der Waals surface area contributed by atoms with Crippen molar-refractivity contribution in [1.29, 1.82) is 0 Å². The lowest BCUT2D eigenvalue weighted by atomic mass is 10.3. The minimum Gasteiger partial charge on any atom is -0.436 e. The Morgan fingerprint density at radius 2 is 1.94 bits per heavy atom. The van der Waals surface area contributed by atoms with E-state index in [9.17, 15) is 8.78 Å². The summed E-state index contributed by atoms with van der Waals surface area (Å²) in [6.07, 6.45) is 1.52. The van der Waals surface area contributed by atoms with E-state index in [2.05, 4.69) is 20.9 Å². The molecule has 0 bridgehead atoms. The average molecular weight is 315 g/mol. The van der Waals surface area contributed by atoms with E-state index in [1.807, 2.05) is 6.92 Å². The molecule has 2 rings (SSSR count). The third-order valence-electron chi connectivity index (χ3n) is 2.29. The molecule has 94 valence electrons. The van der Waals surface area contributed by atoms with E-state index >= 15 is 0 Å². The number of pyridine rings is 1. The van der Waals surface area contributed by atoms with Crippen LogP contribution in [0.5, 0.6) is 11.6 Å². The number of rotatable bonds is 2. The number of nitrogens with two attached hydrogens (primary N) is 1. The highest BCUT2D eigenvalue weighted by atomic mass is 79.9. The normalized spacial score (nSPS) is 10.4. The molecule has 1 aromatic carbocycles. The van der Waals surface area contributed by atoms with Crippen molar-refractivity contribution in [3.8, 4) is 11.6 Å². The van der Waals surface area contributed by atoms with Gasteiger partial charge in [-0.25, -0.2) is 13.8 Å². The second-order valence-corrected chi connectivity index (χ2v) is 4.53. The van der Waals surface area contributed by atoms with Gasteiger partial charge >= 0.3 is 0 Å². The number of ether oxygens (including phenoxy) is 1. The van der Waals surface area contributed by atoms with Crippen molar-refractivity contribution in [2.24, 2.45) is 0 Å². The topological polar surface area (TPSA) is 48.1 Å². The molecule has 0 radical (unpaired) electrons. The lowest BCUT2D eigenvalue weighted by Gasteiger charge is -2.08. The van der Waals surface area contributed by atoms with Crippen molar-refractivity contribution in [2.45, 2.75) is 6.92 Å². The number of nitrogens with zero attached hydrogens (tertiary/aromatic N) is 1. The van der Waals surface area contributed by atoms with E-state index < -0.39 is 11.6 Å². The molecule has 0 unspecified atom stereocenters. The van der Waals surface area contributed by atoms with Gasteiger partial charge in [-0.3, -0.25) is 0 Å². The standard InChI is InChI=1S/C12H9BrF2N2O/c1-6-2-12(17-5-7(6)13)18-11-4-8(14)10(16)3-9(11)15/h2-5H,16H2,1H3. The number of hydrogen-bond donors (Lipinski definition) is 1. The molecule has 3 nitrogen and oxygen atoms in total. The highest BCUT2D eigenvalue weighted by Crippen LogP contribution is 2.28. The van der Waals surface area contributed by atoms with Gasteiger partial charge < -0.3 is 10.5 Å². The SMILES string of the molecule is Cc1cc(Oc2cc(F)c(N)cc2F)ncc1Br. The van der Waals surface area contributed by atoms with Crippen LogP contribution >= 0.6 is 15.9 Å². The van der Waals surface area contributed by atoms with Gasteiger partial charge in [-0.05, 0) is 28.4 Å². The minimum atomic E-state index is -0.740. The van der Waals surface area contributed by atoms with Gasteiger partial charge in [-0.2, -0.15) is 0 Å². The van der Waals surface area contributed by atoms with E-state index in [1.54, 1.807) is 6.07 Å². The first-order chi connectivity index (χ1) is 8.47. The number of nitrogen functional groups attached to an aromatic ring is 1. The van der Waals surface area contributed by atoms with Gasteiger partial charge in [0, 0.05) is 28.9 Å². The molecule has 0 fully saturated rings. The predicted molar refractivity (Wildman–Crippen MR) is 67.5 cm³/mol. The van der Waals surface area contributed by atoms with E-state index in [0.29, 0.717) is 0 Å².